The van der Waals surface area contributed by atoms with Gasteiger partial charge in [0.1, 0.15) is 11.6 Å². The third kappa shape index (κ3) is 5.21. The van der Waals surface area contributed by atoms with Crippen molar-refractivity contribution in [1.82, 2.24) is 34.1 Å². The summed E-state index contributed by atoms with van der Waals surface area (Å²) < 4.78 is 30.2. The molecule has 3 atom stereocenters. The molecule has 4 aliphatic heterocycles. The number of H-pyrrole nitrogens is 1. The lowest BCUT2D eigenvalue weighted by atomic mass is 9.83. The van der Waals surface area contributed by atoms with Gasteiger partial charge in [0.25, 0.3) is 10.2 Å². The Morgan fingerprint density at radius 3 is 2.52 bits per heavy atom. The van der Waals surface area contributed by atoms with E-state index in [1.54, 1.807) is 10.4 Å². The van der Waals surface area contributed by atoms with E-state index in [1.165, 1.54) is 4.31 Å². The molecule has 2 aromatic heterocycles. The van der Waals surface area contributed by atoms with Crippen molar-refractivity contribution in [3.63, 3.8) is 0 Å². The maximum atomic E-state index is 13.5. The summed E-state index contributed by atoms with van der Waals surface area (Å²) >= 11 is 0. The van der Waals surface area contributed by atoms with E-state index in [9.17, 15) is 13.5 Å². The number of hydrogen-bond acceptors (Lipinski definition) is 11. The number of aromatic amines is 1. The summed E-state index contributed by atoms with van der Waals surface area (Å²) in [5, 5.41) is 32.2. The number of piperidine rings is 2. The van der Waals surface area contributed by atoms with E-state index in [4.69, 9.17) is 15.2 Å². The minimum atomic E-state index is -3.59. The molecule has 0 saturated carbocycles. The van der Waals surface area contributed by atoms with Gasteiger partial charge in [-0.15, -0.1) is 0 Å². The molecule has 6 heterocycles. The van der Waals surface area contributed by atoms with Crippen molar-refractivity contribution in [2.24, 2.45) is 5.92 Å². The lowest BCUT2D eigenvalue weighted by Gasteiger charge is -2.51. The van der Waals surface area contributed by atoms with Crippen molar-refractivity contribution in [2.45, 2.75) is 56.8 Å². The number of nitrogens with one attached hydrogen (secondary N) is 3. The highest BCUT2D eigenvalue weighted by atomic mass is 32.2. The summed E-state index contributed by atoms with van der Waals surface area (Å²) in [6.45, 7) is 3.86. The fraction of sp³-hybridized carbons (Fsp3) is 0.680. The standard InChI is InChI=1S/C25H37N11O3S/c1-33(21-10-19-3-2-4-20(11-21)36(19)40(38,39)35-14-17(13-26)15-35)25-29-22(28-23-9-18(16-37)31-32-23)12-24(30-25)34-7-5-27-6-8-34/h9,12,17,19-21,27,37H,2-8,10-11,14-16H2,1H3,(H2,28,29,30,31,32)/t19-,20+,21?. The monoisotopic (exact) mass is 571 g/mol. The normalized spacial score (nSPS) is 26.2. The molecule has 0 amide bonds. The first-order chi connectivity index (χ1) is 19.4. The molecule has 1 unspecified atom stereocenters. The lowest BCUT2D eigenvalue weighted by Crippen LogP contribution is -2.64. The Hall–Kier alpha value is -3.03. The average molecular weight is 572 g/mol. The maximum absolute atomic E-state index is 13.5. The van der Waals surface area contributed by atoms with E-state index in [1.807, 2.05) is 13.1 Å². The first kappa shape index (κ1) is 27.2. The molecule has 2 bridgehead atoms. The Morgan fingerprint density at radius 1 is 1.15 bits per heavy atom. The molecular formula is C25H37N11O3S. The zero-order chi connectivity index (χ0) is 27.9. The van der Waals surface area contributed by atoms with Gasteiger partial charge in [0.05, 0.1) is 24.3 Å². The first-order valence-electron chi connectivity index (χ1n) is 14.0. The lowest BCUT2D eigenvalue weighted by molar-refractivity contribution is 0.0930. The van der Waals surface area contributed by atoms with E-state index in [0.717, 1.165) is 51.3 Å². The molecule has 216 valence electrons. The number of rotatable bonds is 8. The number of aliphatic hydroxyl groups is 1. The molecule has 0 spiro atoms. The predicted molar refractivity (Wildman–Crippen MR) is 149 cm³/mol. The first-order valence-corrected chi connectivity index (χ1v) is 15.4. The van der Waals surface area contributed by atoms with Gasteiger partial charge in [-0.2, -0.15) is 37.4 Å². The van der Waals surface area contributed by atoms with E-state index >= 15 is 0 Å². The number of fused-ring (bicyclic) bond motifs is 2. The molecule has 4 aliphatic rings. The van der Waals surface area contributed by atoms with Gasteiger partial charge in [0.2, 0.25) is 5.95 Å². The molecule has 4 fully saturated rings. The Bertz CT molecular complexity index is 1340. The summed E-state index contributed by atoms with van der Waals surface area (Å²) in [4.78, 5) is 14.1. The third-order valence-electron chi connectivity index (χ3n) is 8.57. The molecule has 40 heavy (non-hydrogen) atoms. The van der Waals surface area contributed by atoms with Crippen LogP contribution in [0.5, 0.6) is 0 Å². The molecule has 14 nitrogen and oxygen atoms in total. The van der Waals surface area contributed by atoms with Crippen LogP contribution in [-0.4, -0.2) is 107 Å². The van der Waals surface area contributed by atoms with Crippen LogP contribution < -0.4 is 20.4 Å². The third-order valence-corrected chi connectivity index (χ3v) is 10.6. The van der Waals surface area contributed by atoms with E-state index in [0.29, 0.717) is 36.1 Å². The van der Waals surface area contributed by atoms with E-state index in [-0.39, 0.29) is 43.7 Å². The van der Waals surface area contributed by atoms with Crippen LogP contribution in [0.1, 0.15) is 37.8 Å². The van der Waals surface area contributed by atoms with Crippen LogP contribution in [0.3, 0.4) is 0 Å². The van der Waals surface area contributed by atoms with Gasteiger partial charge in [-0.05, 0) is 25.7 Å². The zero-order valence-corrected chi connectivity index (χ0v) is 23.5. The Morgan fingerprint density at radius 2 is 1.88 bits per heavy atom. The van der Waals surface area contributed by atoms with Crippen LogP contribution in [0.15, 0.2) is 12.1 Å². The second-order valence-electron chi connectivity index (χ2n) is 11.2. The van der Waals surface area contributed by atoms with Crippen molar-refractivity contribution >= 4 is 33.6 Å². The molecule has 15 heteroatoms. The van der Waals surface area contributed by atoms with Crippen LogP contribution in [0.25, 0.3) is 0 Å². The van der Waals surface area contributed by atoms with E-state index < -0.39 is 10.2 Å². The number of aromatic nitrogens is 4. The van der Waals surface area contributed by atoms with Gasteiger partial charge in [0, 0.05) is 76.6 Å². The van der Waals surface area contributed by atoms with Crippen molar-refractivity contribution in [3.8, 4) is 6.07 Å². The number of hydrogen-bond donors (Lipinski definition) is 4. The van der Waals surface area contributed by atoms with Crippen LogP contribution in [0.2, 0.25) is 0 Å². The highest BCUT2D eigenvalue weighted by Gasteiger charge is 2.50. The van der Waals surface area contributed by atoms with Crippen LogP contribution in [-0.2, 0) is 16.8 Å². The van der Waals surface area contributed by atoms with Gasteiger partial charge >= 0.3 is 0 Å². The summed E-state index contributed by atoms with van der Waals surface area (Å²) in [5.74, 6) is 2.35. The predicted octanol–water partition coefficient (Wildman–Crippen LogP) is 0.367. The van der Waals surface area contributed by atoms with Crippen molar-refractivity contribution in [3.05, 3.63) is 17.8 Å². The van der Waals surface area contributed by atoms with Gasteiger partial charge in [-0.3, -0.25) is 5.10 Å². The number of piperazine rings is 1. The minimum Gasteiger partial charge on any atom is -0.390 e. The fourth-order valence-electron chi connectivity index (χ4n) is 6.34. The largest absolute Gasteiger partial charge is 0.390 e. The van der Waals surface area contributed by atoms with Crippen molar-refractivity contribution in [1.29, 1.82) is 5.26 Å². The van der Waals surface area contributed by atoms with Crippen LogP contribution in [0.4, 0.5) is 23.4 Å². The second-order valence-corrected chi connectivity index (χ2v) is 13.0. The van der Waals surface area contributed by atoms with Gasteiger partial charge in [-0.1, -0.05) is 6.42 Å². The summed E-state index contributed by atoms with van der Waals surface area (Å²) in [7, 11) is -1.59. The Kier molecular flexibility index (Phi) is 7.53. The van der Waals surface area contributed by atoms with Gasteiger partial charge in [0.15, 0.2) is 5.82 Å². The minimum absolute atomic E-state index is 0.0824. The average Bonchev–Trinajstić information content (AvgIpc) is 3.39. The van der Waals surface area contributed by atoms with Crippen molar-refractivity contribution < 1.29 is 13.5 Å². The second kappa shape index (κ2) is 11.1. The quantitative estimate of drug-likeness (QED) is 0.345. The molecule has 4 N–H and O–H groups in total. The topological polar surface area (TPSA) is 170 Å². The van der Waals surface area contributed by atoms with Crippen LogP contribution in [0, 0.1) is 17.2 Å². The van der Waals surface area contributed by atoms with Crippen LogP contribution >= 0.6 is 0 Å². The number of nitriles is 1. The van der Waals surface area contributed by atoms with Gasteiger partial charge in [-0.25, -0.2) is 0 Å². The smallest absolute Gasteiger partial charge is 0.282 e. The number of anilines is 4. The Labute approximate surface area is 234 Å². The number of aliphatic hydroxyl groups excluding tert-OH is 1. The molecule has 0 radical (unpaired) electrons. The highest BCUT2D eigenvalue weighted by molar-refractivity contribution is 7.86. The molecule has 0 aromatic carbocycles. The Balaban J connectivity index is 1.24. The summed E-state index contributed by atoms with van der Waals surface area (Å²) in [6.07, 6.45) is 4.07. The van der Waals surface area contributed by atoms with Crippen molar-refractivity contribution in [2.75, 3.05) is 61.4 Å². The van der Waals surface area contributed by atoms with E-state index in [2.05, 4.69) is 36.7 Å². The summed E-state index contributed by atoms with van der Waals surface area (Å²) in [5.41, 5.74) is 0.603. The SMILES string of the molecule is CN(c1nc(Nc2cc(CO)[nH]n2)cc(N2CCNCC2)n1)C1C[C@H]2CCC[C@@H](C1)N2S(=O)(=O)N1CC(C#N)C1. The molecule has 0 aliphatic carbocycles. The maximum Gasteiger partial charge on any atom is 0.282 e. The fourth-order valence-corrected chi connectivity index (χ4v) is 8.48. The molecule has 6 rings (SSSR count). The van der Waals surface area contributed by atoms with Gasteiger partial charge < -0.3 is 25.5 Å². The molecule has 2 aromatic rings. The highest BCUT2D eigenvalue weighted by Crippen LogP contribution is 2.40. The summed E-state index contributed by atoms with van der Waals surface area (Å²) in [6, 6.07) is 5.75. The molecular weight excluding hydrogens is 534 g/mol. The molecule has 4 saturated heterocycles. The number of nitrogens with zero attached hydrogens (tertiary/aromatic N) is 8. The zero-order valence-electron chi connectivity index (χ0n) is 22.7.